The summed E-state index contributed by atoms with van der Waals surface area (Å²) in [5, 5.41) is 21.1. The third kappa shape index (κ3) is 3.57. The van der Waals surface area contributed by atoms with Crippen molar-refractivity contribution in [3.05, 3.63) is 72.6 Å². The highest BCUT2D eigenvalue weighted by molar-refractivity contribution is 5.64. The van der Waals surface area contributed by atoms with Crippen LogP contribution < -0.4 is 19.5 Å². The standard InChI is InChI=1S/C23H19N7O3/c1-31-18-5-3-17(4-6-18)29-11-10-16(27-29)13-24-21-8-9-22-25-26-23(30(22)28-21)15-2-7-19-20(12-15)33-14-32-19/h2-12H,13-14H2,1H3,(H,24,28). The van der Waals surface area contributed by atoms with Crippen LogP contribution in [-0.4, -0.2) is 43.5 Å². The van der Waals surface area contributed by atoms with E-state index in [0.29, 0.717) is 29.6 Å². The summed E-state index contributed by atoms with van der Waals surface area (Å²) < 4.78 is 19.6. The van der Waals surface area contributed by atoms with Gasteiger partial charge in [0.25, 0.3) is 0 Å². The topological polar surface area (TPSA) is 101 Å². The Labute approximate surface area is 188 Å². The molecule has 0 unspecified atom stereocenters. The molecule has 2 aromatic carbocycles. The number of nitrogens with zero attached hydrogens (tertiary/aromatic N) is 6. The number of anilines is 1. The van der Waals surface area contributed by atoms with Crippen molar-refractivity contribution in [2.45, 2.75) is 6.54 Å². The van der Waals surface area contributed by atoms with Crippen LogP contribution in [0.25, 0.3) is 22.7 Å². The van der Waals surface area contributed by atoms with Gasteiger partial charge in [-0.05, 0) is 60.7 Å². The van der Waals surface area contributed by atoms with E-state index in [9.17, 15) is 0 Å². The van der Waals surface area contributed by atoms with Gasteiger partial charge in [0.05, 0.1) is 25.0 Å². The molecular formula is C23H19N7O3. The fourth-order valence-electron chi connectivity index (χ4n) is 3.61. The summed E-state index contributed by atoms with van der Waals surface area (Å²) in [6, 6.07) is 19.1. The van der Waals surface area contributed by atoms with Gasteiger partial charge in [-0.1, -0.05) is 0 Å². The fraction of sp³-hybridized carbons (Fsp3) is 0.130. The Bertz CT molecular complexity index is 1440. The highest BCUT2D eigenvalue weighted by Crippen LogP contribution is 2.35. The lowest BCUT2D eigenvalue weighted by Crippen LogP contribution is -2.06. The number of nitrogens with one attached hydrogen (secondary N) is 1. The number of hydrogen-bond donors (Lipinski definition) is 1. The van der Waals surface area contributed by atoms with E-state index in [2.05, 4.69) is 25.7 Å². The van der Waals surface area contributed by atoms with E-state index >= 15 is 0 Å². The summed E-state index contributed by atoms with van der Waals surface area (Å²) in [4.78, 5) is 0. The third-order valence-electron chi connectivity index (χ3n) is 5.33. The third-order valence-corrected chi connectivity index (χ3v) is 5.33. The summed E-state index contributed by atoms with van der Waals surface area (Å²) in [6.07, 6.45) is 1.92. The lowest BCUT2D eigenvalue weighted by molar-refractivity contribution is 0.174. The quantitative estimate of drug-likeness (QED) is 0.428. The van der Waals surface area contributed by atoms with Crippen LogP contribution in [-0.2, 0) is 6.54 Å². The first-order valence-corrected chi connectivity index (χ1v) is 10.3. The second-order valence-corrected chi connectivity index (χ2v) is 7.38. The molecule has 0 fully saturated rings. The highest BCUT2D eigenvalue weighted by Gasteiger charge is 2.17. The molecule has 6 rings (SSSR count). The van der Waals surface area contributed by atoms with Gasteiger partial charge in [-0.15, -0.1) is 15.3 Å². The predicted octanol–water partition coefficient (Wildman–Crippen LogP) is 3.33. The maximum Gasteiger partial charge on any atom is 0.231 e. The van der Waals surface area contributed by atoms with Crippen molar-refractivity contribution in [2.75, 3.05) is 19.2 Å². The first kappa shape index (κ1) is 19.1. The minimum atomic E-state index is 0.222. The van der Waals surface area contributed by atoms with E-state index in [1.165, 1.54) is 0 Å². The Hall–Kier alpha value is -4.60. The molecule has 0 saturated heterocycles. The van der Waals surface area contributed by atoms with E-state index < -0.39 is 0 Å². The van der Waals surface area contributed by atoms with Crippen LogP contribution in [0.3, 0.4) is 0 Å². The molecule has 0 saturated carbocycles. The number of methoxy groups -OCH3 is 1. The molecule has 10 heteroatoms. The molecule has 0 radical (unpaired) electrons. The minimum absolute atomic E-state index is 0.222. The fourth-order valence-corrected chi connectivity index (χ4v) is 3.61. The first-order valence-electron chi connectivity index (χ1n) is 10.3. The Morgan fingerprint density at radius 2 is 1.82 bits per heavy atom. The van der Waals surface area contributed by atoms with Crippen molar-refractivity contribution in [2.24, 2.45) is 0 Å². The molecule has 1 aliphatic rings. The zero-order valence-electron chi connectivity index (χ0n) is 17.7. The molecule has 1 N–H and O–H groups in total. The van der Waals surface area contributed by atoms with Crippen molar-refractivity contribution in [1.29, 1.82) is 0 Å². The number of fused-ring (bicyclic) bond motifs is 2. The van der Waals surface area contributed by atoms with E-state index in [1.807, 2.05) is 71.5 Å². The van der Waals surface area contributed by atoms with Crippen molar-refractivity contribution in [3.63, 3.8) is 0 Å². The predicted molar refractivity (Wildman–Crippen MR) is 120 cm³/mol. The van der Waals surface area contributed by atoms with Crippen LogP contribution in [0.2, 0.25) is 0 Å². The summed E-state index contributed by atoms with van der Waals surface area (Å²) >= 11 is 0. The van der Waals surface area contributed by atoms with Gasteiger partial charge < -0.3 is 19.5 Å². The molecule has 10 nitrogen and oxygen atoms in total. The van der Waals surface area contributed by atoms with Gasteiger partial charge in [0, 0.05) is 11.8 Å². The number of ether oxygens (including phenoxy) is 3. The number of benzene rings is 2. The Morgan fingerprint density at radius 1 is 0.939 bits per heavy atom. The average molecular weight is 441 g/mol. The second kappa shape index (κ2) is 7.83. The molecule has 0 bridgehead atoms. The number of aromatic nitrogens is 6. The van der Waals surface area contributed by atoms with Gasteiger partial charge in [-0.25, -0.2) is 4.68 Å². The van der Waals surface area contributed by atoms with Crippen molar-refractivity contribution in [1.82, 2.24) is 29.6 Å². The summed E-state index contributed by atoms with van der Waals surface area (Å²) in [5.74, 6) is 3.52. The normalized spacial score (nSPS) is 12.3. The molecule has 0 amide bonds. The van der Waals surface area contributed by atoms with E-state index in [0.717, 1.165) is 28.4 Å². The second-order valence-electron chi connectivity index (χ2n) is 7.38. The van der Waals surface area contributed by atoms with Crippen molar-refractivity contribution < 1.29 is 14.2 Å². The molecule has 5 aromatic rings. The van der Waals surface area contributed by atoms with Crippen LogP contribution >= 0.6 is 0 Å². The molecule has 0 aliphatic carbocycles. The summed E-state index contributed by atoms with van der Waals surface area (Å²) in [6.45, 7) is 0.739. The smallest absolute Gasteiger partial charge is 0.231 e. The average Bonchev–Trinajstić information content (AvgIpc) is 3.61. The Balaban J connectivity index is 1.21. The molecule has 33 heavy (non-hydrogen) atoms. The van der Waals surface area contributed by atoms with Gasteiger partial charge in [-0.3, -0.25) is 0 Å². The molecule has 4 heterocycles. The zero-order chi connectivity index (χ0) is 22.2. The Morgan fingerprint density at radius 3 is 2.70 bits per heavy atom. The largest absolute Gasteiger partial charge is 0.497 e. The minimum Gasteiger partial charge on any atom is -0.497 e. The molecule has 0 atom stereocenters. The Kier molecular flexibility index (Phi) is 4.53. The van der Waals surface area contributed by atoms with Gasteiger partial charge >= 0.3 is 0 Å². The number of rotatable bonds is 6. The zero-order valence-corrected chi connectivity index (χ0v) is 17.7. The van der Waals surface area contributed by atoms with Crippen LogP contribution in [0.1, 0.15) is 5.69 Å². The monoisotopic (exact) mass is 441 g/mol. The number of hydrogen-bond acceptors (Lipinski definition) is 8. The summed E-state index contributed by atoms with van der Waals surface area (Å²) in [7, 11) is 1.65. The molecular weight excluding hydrogens is 422 g/mol. The first-order chi connectivity index (χ1) is 16.3. The lowest BCUT2D eigenvalue weighted by atomic mass is 10.2. The van der Waals surface area contributed by atoms with E-state index in [-0.39, 0.29) is 6.79 Å². The molecule has 164 valence electrons. The van der Waals surface area contributed by atoms with Gasteiger partial charge in [0.2, 0.25) is 6.79 Å². The highest BCUT2D eigenvalue weighted by atomic mass is 16.7. The maximum atomic E-state index is 5.48. The lowest BCUT2D eigenvalue weighted by Gasteiger charge is -2.06. The van der Waals surface area contributed by atoms with Crippen LogP contribution in [0.5, 0.6) is 17.2 Å². The van der Waals surface area contributed by atoms with E-state index in [1.54, 1.807) is 11.6 Å². The van der Waals surface area contributed by atoms with Crippen LogP contribution in [0, 0.1) is 0 Å². The van der Waals surface area contributed by atoms with Crippen molar-refractivity contribution in [3.8, 4) is 34.3 Å². The molecule has 1 aliphatic heterocycles. The van der Waals surface area contributed by atoms with Gasteiger partial charge in [-0.2, -0.15) is 9.61 Å². The van der Waals surface area contributed by atoms with E-state index in [4.69, 9.17) is 14.2 Å². The van der Waals surface area contributed by atoms with Gasteiger partial charge in [0.1, 0.15) is 11.6 Å². The SMILES string of the molecule is COc1ccc(-n2ccc(CNc3ccc4nnc(-c5ccc6c(c5)OCO6)n4n3)n2)cc1. The van der Waals surface area contributed by atoms with Crippen LogP contribution in [0.15, 0.2) is 66.9 Å². The van der Waals surface area contributed by atoms with Crippen LogP contribution in [0.4, 0.5) is 5.82 Å². The maximum absolute atomic E-state index is 5.48. The molecule has 0 spiro atoms. The molecule has 3 aromatic heterocycles. The van der Waals surface area contributed by atoms with Gasteiger partial charge in [0.15, 0.2) is 23.0 Å². The van der Waals surface area contributed by atoms with Crippen molar-refractivity contribution >= 4 is 11.5 Å². The summed E-state index contributed by atoms with van der Waals surface area (Å²) in [5.41, 5.74) is 3.33.